The topological polar surface area (TPSA) is 47.3 Å². The fraction of sp³-hybridized carbons (Fsp3) is 0.692. The van der Waals surface area contributed by atoms with Crippen molar-refractivity contribution in [2.75, 3.05) is 52.4 Å². The smallest absolute Gasteiger partial charge is 0.274 e. The number of imidazole rings is 1. The summed E-state index contributed by atoms with van der Waals surface area (Å²) in [6.07, 6.45) is 11.5. The molecular weight excluding hydrogens is 412 g/mol. The summed E-state index contributed by atoms with van der Waals surface area (Å²) in [4.78, 5) is 28.4. The molecule has 6 rings (SSSR count). The van der Waals surface area contributed by atoms with Crippen molar-refractivity contribution < 1.29 is 4.79 Å². The Kier molecular flexibility index (Phi) is 6.11. The standard InChI is InChI=1S/C26H38N6O/c33-26(31-17-15-30(16-18-31)21-7-2-1-3-8-21)25-23(32-12-5-4-10-24(32)27-25)20-28-13-14-29-11-6-9-22(29)19-28/h4-5,10,12,21-22H,1-3,6-9,11,13-20H2. The third-order valence-corrected chi connectivity index (χ3v) is 8.57. The average molecular weight is 451 g/mol. The molecule has 3 aliphatic heterocycles. The van der Waals surface area contributed by atoms with Gasteiger partial charge in [0, 0.05) is 70.6 Å². The highest BCUT2D eigenvalue weighted by atomic mass is 16.2. The van der Waals surface area contributed by atoms with Crippen LogP contribution < -0.4 is 0 Å². The Balaban J connectivity index is 1.18. The fourth-order valence-electron chi connectivity index (χ4n) is 6.67. The van der Waals surface area contributed by atoms with E-state index < -0.39 is 0 Å². The monoisotopic (exact) mass is 450 g/mol. The van der Waals surface area contributed by atoms with E-state index in [4.69, 9.17) is 4.98 Å². The van der Waals surface area contributed by atoms with Crippen molar-refractivity contribution in [2.45, 2.75) is 63.6 Å². The van der Waals surface area contributed by atoms with Gasteiger partial charge in [-0.2, -0.15) is 0 Å². The van der Waals surface area contributed by atoms with Gasteiger partial charge >= 0.3 is 0 Å². The van der Waals surface area contributed by atoms with E-state index in [2.05, 4.69) is 30.2 Å². The van der Waals surface area contributed by atoms with E-state index in [1.54, 1.807) is 0 Å². The van der Waals surface area contributed by atoms with Gasteiger partial charge < -0.3 is 9.30 Å². The summed E-state index contributed by atoms with van der Waals surface area (Å²) in [5.74, 6) is 0.122. The first-order valence-electron chi connectivity index (χ1n) is 13.2. The van der Waals surface area contributed by atoms with Crippen LogP contribution in [-0.4, -0.2) is 99.3 Å². The summed E-state index contributed by atoms with van der Waals surface area (Å²) in [6, 6.07) is 7.50. The molecule has 1 amide bonds. The van der Waals surface area contributed by atoms with Crippen LogP contribution in [0.15, 0.2) is 24.4 Å². The van der Waals surface area contributed by atoms with Gasteiger partial charge in [-0.05, 0) is 44.4 Å². The Labute approximate surface area is 197 Å². The lowest BCUT2D eigenvalue weighted by atomic mass is 9.94. The molecule has 33 heavy (non-hydrogen) atoms. The zero-order chi connectivity index (χ0) is 22.2. The summed E-state index contributed by atoms with van der Waals surface area (Å²) >= 11 is 0. The van der Waals surface area contributed by atoms with E-state index in [1.165, 1.54) is 51.5 Å². The van der Waals surface area contributed by atoms with Gasteiger partial charge in [-0.25, -0.2) is 4.98 Å². The van der Waals surface area contributed by atoms with E-state index >= 15 is 0 Å². The Bertz CT molecular complexity index is 974. The number of rotatable bonds is 4. The van der Waals surface area contributed by atoms with Gasteiger partial charge in [-0.3, -0.25) is 19.5 Å². The van der Waals surface area contributed by atoms with Crippen LogP contribution in [0.4, 0.5) is 0 Å². The molecule has 0 aromatic carbocycles. The second kappa shape index (κ2) is 9.35. The third-order valence-electron chi connectivity index (χ3n) is 8.57. The van der Waals surface area contributed by atoms with Gasteiger partial charge in [0.15, 0.2) is 5.69 Å². The molecule has 0 spiro atoms. The lowest BCUT2D eigenvalue weighted by Gasteiger charge is -2.40. The number of fused-ring (bicyclic) bond motifs is 2. The fourth-order valence-corrected chi connectivity index (χ4v) is 6.67. The van der Waals surface area contributed by atoms with Crippen molar-refractivity contribution in [1.82, 2.24) is 29.0 Å². The molecule has 5 heterocycles. The average Bonchev–Trinajstić information content (AvgIpc) is 3.49. The Morgan fingerprint density at radius 3 is 2.45 bits per heavy atom. The molecule has 1 aliphatic carbocycles. The van der Waals surface area contributed by atoms with Crippen LogP contribution in [0.3, 0.4) is 0 Å². The highest BCUT2D eigenvalue weighted by Gasteiger charge is 2.33. The number of carbonyl (C=O) groups excluding carboxylic acids is 1. The van der Waals surface area contributed by atoms with Gasteiger partial charge in [0.1, 0.15) is 5.65 Å². The van der Waals surface area contributed by atoms with E-state index in [-0.39, 0.29) is 5.91 Å². The van der Waals surface area contributed by atoms with Crippen molar-refractivity contribution in [3.8, 4) is 0 Å². The van der Waals surface area contributed by atoms with Crippen LogP contribution in [0.25, 0.3) is 5.65 Å². The minimum atomic E-state index is 0.122. The van der Waals surface area contributed by atoms with Crippen LogP contribution in [0.1, 0.15) is 61.1 Å². The number of pyridine rings is 1. The Morgan fingerprint density at radius 1 is 0.848 bits per heavy atom. The maximum Gasteiger partial charge on any atom is 0.274 e. The Morgan fingerprint density at radius 2 is 1.61 bits per heavy atom. The number of carbonyl (C=O) groups is 1. The molecule has 2 aromatic rings. The minimum absolute atomic E-state index is 0.122. The van der Waals surface area contributed by atoms with Crippen molar-refractivity contribution >= 4 is 11.6 Å². The zero-order valence-corrected chi connectivity index (χ0v) is 19.9. The second-order valence-corrected chi connectivity index (χ2v) is 10.5. The summed E-state index contributed by atoms with van der Waals surface area (Å²) in [7, 11) is 0. The van der Waals surface area contributed by atoms with E-state index in [1.807, 2.05) is 18.2 Å². The highest BCUT2D eigenvalue weighted by molar-refractivity contribution is 5.94. The van der Waals surface area contributed by atoms with Crippen LogP contribution in [0, 0.1) is 0 Å². The molecule has 0 bridgehead atoms. The molecule has 1 atom stereocenters. The van der Waals surface area contributed by atoms with Crippen LogP contribution in [0.2, 0.25) is 0 Å². The number of hydrogen-bond acceptors (Lipinski definition) is 5. The molecule has 4 aliphatic rings. The zero-order valence-electron chi connectivity index (χ0n) is 19.9. The first-order valence-corrected chi connectivity index (χ1v) is 13.2. The highest BCUT2D eigenvalue weighted by Crippen LogP contribution is 2.26. The predicted molar refractivity (Wildman–Crippen MR) is 129 cm³/mol. The number of amides is 1. The van der Waals surface area contributed by atoms with Crippen LogP contribution in [0.5, 0.6) is 0 Å². The predicted octanol–water partition coefficient (Wildman–Crippen LogP) is 2.70. The normalized spacial score (nSPS) is 26.2. The Hall–Kier alpha value is -1.96. The van der Waals surface area contributed by atoms with Gasteiger partial charge in [0.2, 0.25) is 0 Å². The minimum Gasteiger partial charge on any atom is -0.335 e. The molecule has 1 unspecified atom stereocenters. The molecule has 1 saturated carbocycles. The first-order chi connectivity index (χ1) is 16.3. The van der Waals surface area contributed by atoms with Gasteiger partial charge in [0.05, 0.1) is 5.69 Å². The molecule has 4 fully saturated rings. The SMILES string of the molecule is O=C(c1nc2ccccn2c1CN1CCN2CCCC2C1)N1CCN(C2CCCCC2)CC1. The number of nitrogens with zero attached hydrogens (tertiary/aromatic N) is 6. The van der Waals surface area contributed by atoms with Crippen LogP contribution >= 0.6 is 0 Å². The molecule has 2 aromatic heterocycles. The maximum absolute atomic E-state index is 13.7. The summed E-state index contributed by atoms with van der Waals surface area (Å²) in [5, 5.41) is 0. The van der Waals surface area contributed by atoms with Crippen LogP contribution in [-0.2, 0) is 6.54 Å². The van der Waals surface area contributed by atoms with Crippen molar-refractivity contribution in [2.24, 2.45) is 0 Å². The molecule has 178 valence electrons. The van der Waals surface area contributed by atoms with E-state index in [0.717, 1.165) is 69.7 Å². The molecule has 0 N–H and O–H groups in total. The third kappa shape index (κ3) is 4.31. The quantitative estimate of drug-likeness (QED) is 0.717. The van der Waals surface area contributed by atoms with Crippen molar-refractivity contribution in [3.05, 3.63) is 35.8 Å². The van der Waals surface area contributed by atoms with E-state index in [0.29, 0.717) is 11.7 Å². The maximum atomic E-state index is 13.7. The lowest BCUT2D eigenvalue weighted by Crippen LogP contribution is -2.52. The van der Waals surface area contributed by atoms with E-state index in [9.17, 15) is 4.79 Å². The van der Waals surface area contributed by atoms with Crippen molar-refractivity contribution in [3.63, 3.8) is 0 Å². The summed E-state index contributed by atoms with van der Waals surface area (Å²) in [5.41, 5.74) is 2.62. The lowest BCUT2D eigenvalue weighted by molar-refractivity contribution is 0.0515. The molecule has 3 saturated heterocycles. The molecular formula is C26H38N6O. The molecule has 7 nitrogen and oxygen atoms in total. The number of hydrogen-bond donors (Lipinski definition) is 0. The summed E-state index contributed by atoms with van der Waals surface area (Å²) < 4.78 is 2.15. The van der Waals surface area contributed by atoms with Crippen molar-refractivity contribution in [1.29, 1.82) is 0 Å². The molecule has 0 radical (unpaired) electrons. The van der Waals surface area contributed by atoms with Gasteiger partial charge in [0.25, 0.3) is 5.91 Å². The largest absolute Gasteiger partial charge is 0.335 e. The number of piperazine rings is 2. The molecule has 7 heteroatoms. The number of aromatic nitrogens is 2. The van der Waals surface area contributed by atoms with Gasteiger partial charge in [-0.15, -0.1) is 0 Å². The summed E-state index contributed by atoms with van der Waals surface area (Å²) in [6.45, 7) is 9.04. The second-order valence-electron chi connectivity index (χ2n) is 10.5. The first kappa shape index (κ1) is 21.6. The van der Waals surface area contributed by atoms with Gasteiger partial charge in [-0.1, -0.05) is 25.3 Å².